The lowest BCUT2D eigenvalue weighted by atomic mass is 10.0. The van der Waals surface area contributed by atoms with E-state index < -0.39 is 0 Å². The van der Waals surface area contributed by atoms with Crippen molar-refractivity contribution in [1.82, 2.24) is 9.47 Å². The van der Waals surface area contributed by atoms with E-state index in [0.717, 1.165) is 18.5 Å². The van der Waals surface area contributed by atoms with Crippen LogP contribution in [0.3, 0.4) is 0 Å². The molecule has 4 heteroatoms. The summed E-state index contributed by atoms with van der Waals surface area (Å²) in [4.78, 5) is 13.9. The minimum Gasteiger partial charge on any atom is -0.408 e. The predicted molar refractivity (Wildman–Crippen MR) is 61.7 cm³/mol. The topological polar surface area (TPSA) is 38.4 Å². The highest BCUT2D eigenvalue weighted by molar-refractivity contribution is 5.77. The number of nitrogens with zero attached hydrogens (tertiary/aromatic N) is 2. The van der Waals surface area contributed by atoms with E-state index in [-0.39, 0.29) is 5.76 Å². The van der Waals surface area contributed by atoms with Crippen molar-refractivity contribution in [3.8, 4) is 0 Å². The van der Waals surface area contributed by atoms with Crippen molar-refractivity contribution in [1.29, 1.82) is 0 Å². The van der Waals surface area contributed by atoms with E-state index in [1.54, 1.807) is 4.57 Å². The summed E-state index contributed by atoms with van der Waals surface area (Å²) in [5.41, 5.74) is 2.89. The first-order valence-corrected chi connectivity index (χ1v) is 5.44. The van der Waals surface area contributed by atoms with Crippen LogP contribution in [0.15, 0.2) is 27.4 Å². The molecule has 0 radical (unpaired) electrons. The third-order valence-corrected chi connectivity index (χ3v) is 3.35. The fourth-order valence-electron chi connectivity index (χ4n) is 2.40. The van der Waals surface area contributed by atoms with Crippen LogP contribution in [-0.4, -0.2) is 29.6 Å². The molecule has 0 saturated heterocycles. The summed E-state index contributed by atoms with van der Waals surface area (Å²) in [6.07, 6.45) is 0.976. The highest BCUT2D eigenvalue weighted by atomic mass is 16.4. The summed E-state index contributed by atoms with van der Waals surface area (Å²) in [5, 5.41) is 0. The normalized spacial score (nSPS) is 19.6. The fourth-order valence-corrected chi connectivity index (χ4v) is 2.40. The minimum atomic E-state index is -0.242. The van der Waals surface area contributed by atoms with E-state index >= 15 is 0 Å². The first-order valence-electron chi connectivity index (χ1n) is 5.44. The van der Waals surface area contributed by atoms with E-state index in [1.165, 1.54) is 5.56 Å². The molecule has 2 aromatic rings. The molecule has 0 N–H and O–H groups in total. The number of rotatable bonds is 1. The summed E-state index contributed by atoms with van der Waals surface area (Å²) in [5.74, 6) is -0.242. The molecule has 0 spiro atoms. The Morgan fingerprint density at radius 1 is 1.44 bits per heavy atom. The maximum absolute atomic E-state index is 11.7. The van der Waals surface area contributed by atoms with Crippen LogP contribution in [0.25, 0.3) is 11.1 Å². The zero-order valence-corrected chi connectivity index (χ0v) is 9.43. The monoisotopic (exact) mass is 218 g/mol. The van der Waals surface area contributed by atoms with Gasteiger partial charge in [0.05, 0.1) is 5.52 Å². The van der Waals surface area contributed by atoms with Crippen LogP contribution in [0, 0.1) is 0 Å². The van der Waals surface area contributed by atoms with Gasteiger partial charge >= 0.3 is 5.76 Å². The van der Waals surface area contributed by atoms with E-state index in [4.69, 9.17) is 4.42 Å². The molecule has 0 saturated carbocycles. The van der Waals surface area contributed by atoms with Gasteiger partial charge in [-0.25, -0.2) is 4.79 Å². The Balaban J connectivity index is 2.25. The molecule has 0 amide bonds. The third-order valence-electron chi connectivity index (χ3n) is 3.35. The van der Waals surface area contributed by atoms with Crippen molar-refractivity contribution >= 4 is 11.1 Å². The molecular weight excluding hydrogens is 204 g/mol. The van der Waals surface area contributed by atoms with Gasteiger partial charge in [-0.2, -0.15) is 0 Å². The summed E-state index contributed by atoms with van der Waals surface area (Å²) >= 11 is 0. The lowest BCUT2D eigenvalue weighted by Crippen LogP contribution is -2.39. The van der Waals surface area contributed by atoms with Crippen LogP contribution in [0.1, 0.15) is 5.56 Å². The van der Waals surface area contributed by atoms with Crippen LogP contribution in [0.2, 0.25) is 0 Å². The number of hydrogen-bond acceptors (Lipinski definition) is 3. The van der Waals surface area contributed by atoms with E-state index in [0.29, 0.717) is 11.6 Å². The second-order valence-corrected chi connectivity index (χ2v) is 4.56. The Hall–Kier alpha value is -1.55. The molecule has 0 bridgehead atoms. The molecule has 3 rings (SSSR count). The minimum absolute atomic E-state index is 0.242. The Labute approximate surface area is 93.1 Å². The van der Waals surface area contributed by atoms with Crippen LogP contribution in [0.5, 0.6) is 0 Å². The van der Waals surface area contributed by atoms with Crippen molar-refractivity contribution in [3.05, 3.63) is 34.3 Å². The molecule has 1 aliphatic heterocycles. The first-order chi connectivity index (χ1) is 7.66. The molecule has 1 unspecified atom stereocenters. The van der Waals surface area contributed by atoms with Crippen molar-refractivity contribution < 1.29 is 4.42 Å². The molecule has 4 nitrogen and oxygen atoms in total. The van der Waals surface area contributed by atoms with Gasteiger partial charge in [-0.15, -0.1) is 0 Å². The van der Waals surface area contributed by atoms with Crippen LogP contribution in [-0.2, 0) is 13.0 Å². The van der Waals surface area contributed by atoms with Gasteiger partial charge in [0.2, 0.25) is 0 Å². The van der Waals surface area contributed by atoms with Gasteiger partial charge in [-0.3, -0.25) is 4.57 Å². The highest BCUT2D eigenvalue weighted by Gasteiger charge is 2.24. The van der Waals surface area contributed by atoms with Gasteiger partial charge in [0.25, 0.3) is 0 Å². The smallest absolute Gasteiger partial charge is 0.408 e. The lowest BCUT2D eigenvalue weighted by molar-refractivity contribution is 0.253. The van der Waals surface area contributed by atoms with Crippen molar-refractivity contribution in [2.24, 2.45) is 0 Å². The number of benzene rings is 1. The van der Waals surface area contributed by atoms with Gasteiger partial charge in [-0.1, -0.05) is 12.1 Å². The summed E-state index contributed by atoms with van der Waals surface area (Å²) < 4.78 is 6.98. The van der Waals surface area contributed by atoms with E-state index in [9.17, 15) is 4.79 Å². The second-order valence-electron chi connectivity index (χ2n) is 4.56. The average molecular weight is 218 g/mol. The van der Waals surface area contributed by atoms with Crippen molar-refractivity contribution in [2.45, 2.75) is 19.0 Å². The zero-order valence-electron chi connectivity index (χ0n) is 9.43. The third kappa shape index (κ3) is 1.23. The Kier molecular flexibility index (Phi) is 1.94. The molecule has 0 fully saturated rings. The van der Waals surface area contributed by atoms with E-state index in [2.05, 4.69) is 11.0 Å². The van der Waals surface area contributed by atoms with Crippen molar-refractivity contribution in [3.63, 3.8) is 0 Å². The molecule has 0 aliphatic carbocycles. The Bertz CT molecular complexity index is 595. The molecule has 16 heavy (non-hydrogen) atoms. The number of aromatic nitrogens is 1. The van der Waals surface area contributed by atoms with Gasteiger partial charge in [0.15, 0.2) is 5.58 Å². The van der Waals surface area contributed by atoms with Gasteiger partial charge in [0.1, 0.15) is 0 Å². The Morgan fingerprint density at radius 3 is 3.00 bits per heavy atom. The first kappa shape index (κ1) is 9.66. The standard InChI is InChI=1S/C12H14N2O2/c1-13(2)9-6-8-4-3-5-10-11(8)14(7-9)12(15)16-10/h3-5,9H,6-7H2,1-2H3. The van der Waals surface area contributed by atoms with Crippen LogP contribution in [0.4, 0.5) is 0 Å². The molecule has 1 aromatic heterocycles. The summed E-state index contributed by atoms with van der Waals surface area (Å²) in [6.45, 7) is 0.718. The quantitative estimate of drug-likeness (QED) is 0.719. The van der Waals surface area contributed by atoms with Crippen LogP contribution >= 0.6 is 0 Å². The summed E-state index contributed by atoms with van der Waals surface area (Å²) in [6, 6.07) is 6.24. The number of likely N-dealkylation sites (N-methyl/N-ethyl adjacent to an activating group) is 1. The average Bonchev–Trinajstić information content (AvgIpc) is 2.58. The van der Waals surface area contributed by atoms with E-state index in [1.807, 2.05) is 26.2 Å². The van der Waals surface area contributed by atoms with Gasteiger partial charge < -0.3 is 9.32 Å². The maximum Gasteiger partial charge on any atom is 0.420 e. The van der Waals surface area contributed by atoms with Crippen LogP contribution < -0.4 is 5.76 Å². The molecule has 1 aliphatic rings. The zero-order chi connectivity index (χ0) is 11.3. The molecule has 1 atom stereocenters. The second kappa shape index (κ2) is 3.22. The van der Waals surface area contributed by atoms with Gasteiger partial charge in [-0.05, 0) is 32.1 Å². The number of hydrogen-bond donors (Lipinski definition) is 0. The SMILES string of the molecule is CN(C)C1Cc2cccc3oc(=O)n(c23)C1. The molecule has 2 heterocycles. The Morgan fingerprint density at radius 2 is 2.25 bits per heavy atom. The fraction of sp³-hybridized carbons (Fsp3) is 0.417. The maximum atomic E-state index is 11.7. The molecule has 1 aromatic carbocycles. The molecular formula is C12H14N2O2. The lowest BCUT2D eigenvalue weighted by Gasteiger charge is -2.28. The number of para-hydroxylation sites is 1. The van der Waals surface area contributed by atoms with Crippen molar-refractivity contribution in [2.75, 3.05) is 14.1 Å². The highest BCUT2D eigenvalue weighted by Crippen LogP contribution is 2.25. The predicted octanol–water partition coefficient (Wildman–Crippen LogP) is 1.08. The largest absolute Gasteiger partial charge is 0.420 e. The number of oxazole rings is 1. The summed E-state index contributed by atoms with van der Waals surface area (Å²) in [7, 11) is 4.09. The van der Waals surface area contributed by atoms with Gasteiger partial charge in [0, 0.05) is 12.6 Å². The molecule has 84 valence electrons.